The van der Waals surface area contributed by atoms with Gasteiger partial charge in [-0.25, -0.2) is 4.98 Å². The molecule has 0 spiro atoms. The summed E-state index contributed by atoms with van der Waals surface area (Å²) in [6, 6.07) is 14.7. The molecule has 1 saturated heterocycles. The number of thioether (sulfide) groups is 1. The van der Waals surface area contributed by atoms with Crippen molar-refractivity contribution in [1.29, 1.82) is 0 Å². The van der Waals surface area contributed by atoms with Crippen molar-refractivity contribution in [3.8, 4) is 5.82 Å². The maximum absolute atomic E-state index is 6.04. The van der Waals surface area contributed by atoms with Gasteiger partial charge in [0.1, 0.15) is 17.9 Å². The number of hydrogen-bond acceptors (Lipinski definition) is 5. The normalized spacial score (nSPS) is 23.7. The molecule has 0 saturated carbocycles. The van der Waals surface area contributed by atoms with E-state index in [4.69, 9.17) is 16.6 Å². The third-order valence-corrected chi connectivity index (χ3v) is 6.72. The standard InChI is InChI=1S/C21H20ClN5S/c1-2-15-13-28-21-25-19(16-6-3-4-10-23-16)20(27(15)21)17-7-5-11-26(17)18-9-8-14(22)12-24-18/h3-12,15,19-20H,2,13H2,1H3/t15-,19+,20+/m1/s1. The molecule has 1 fully saturated rings. The molecule has 3 aromatic rings. The van der Waals surface area contributed by atoms with Gasteiger partial charge in [0.2, 0.25) is 0 Å². The predicted molar refractivity (Wildman–Crippen MR) is 114 cm³/mol. The molecule has 0 amide bonds. The van der Waals surface area contributed by atoms with E-state index < -0.39 is 0 Å². The highest BCUT2D eigenvalue weighted by Crippen LogP contribution is 2.48. The number of aromatic nitrogens is 3. The summed E-state index contributed by atoms with van der Waals surface area (Å²) >= 11 is 7.90. The van der Waals surface area contributed by atoms with Crippen LogP contribution in [0.5, 0.6) is 0 Å². The summed E-state index contributed by atoms with van der Waals surface area (Å²) in [6.45, 7) is 2.25. The van der Waals surface area contributed by atoms with Crippen molar-refractivity contribution in [3.63, 3.8) is 0 Å². The molecule has 7 heteroatoms. The summed E-state index contributed by atoms with van der Waals surface area (Å²) in [4.78, 5) is 16.7. The number of amidine groups is 1. The molecule has 3 aromatic heterocycles. The Balaban J connectivity index is 1.62. The van der Waals surface area contributed by atoms with Gasteiger partial charge in [-0.15, -0.1) is 0 Å². The number of aliphatic imine (C=N–C) groups is 1. The predicted octanol–water partition coefficient (Wildman–Crippen LogP) is 4.90. The quantitative estimate of drug-likeness (QED) is 0.614. The Hall–Kier alpha value is -2.31. The second-order valence-corrected chi connectivity index (χ2v) is 8.40. The molecule has 5 nitrogen and oxygen atoms in total. The fourth-order valence-electron chi connectivity index (χ4n) is 4.03. The molecule has 0 aliphatic carbocycles. The summed E-state index contributed by atoms with van der Waals surface area (Å²) in [7, 11) is 0. The number of hydrogen-bond donors (Lipinski definition) is 0. The van der Waals surface area contributed by atoms with Crippen molar-refractivity contribution in [2.45, 2.75) is 31.5 Å². The monoisotopic (exact) mass is 409 g/mol. The lowest BCUT2D eigenvalue weighted by Crippen LogP contribution is -2.36. The van der Waals surface area contributed by atoms with Crippen molar-refractivity contribution in [1.82, 2.24) is 19.4 Å². The Morgan fingerprint density at radius 1 is 1.14 bits per heavy atom. The van der Waals surface area contributed by atoms with Gasteiger partial charge in [-0.05, 0) is 42.8 Å². The lowest BCUT2D eigenvalue weighted by Gasteiger charge is -2.32. The number of rotatable bonds is 4. The SMILES string of the molecule is CC[C@@H]1CSC2=N[C@@H](c3ccccn3)[C@H](c3cccn3-c3ccc(Cl)cn3)N21. The van der Waals surface area contributed by atoms with Crippen LogP contribution in [0.15, 0.2) is 66.0 Å². The molecule has 0 bridgehead atoms. The topological polar surface area (TPSA) is 46.3 Å². The van der Waals surface area contributed by atoms with Crippen LogP contribution in [0.4, 0.5) is 0 Å². The van der Waals surface area contributed by atoms with Crippen molar-refractivity contribution < 1.29 is 0 Å². The molecule has 5 heterocycles. The van der Waals surface area contributed by atoms with Crippen LogP contribution in [0.25, 0.3) is 5.82 Å². The van der Waals surface area contributed by atoms with Crippen LogP contribution in [0.3, 0.4) is 0 Å². The maximum atomic E-state index is 6.04. The van der Waals surface area contributed by atoms with E-state index in [1.165, 1.54) is 5.69 Å². The third kappa shape index (κ3) is 2.91. The van der Waals surface area contributed by atoms with Crippen LogP contribution in [0.1, 0.15) is 36.8 Å². The molecule has 0 unspecified atom stereocenters. The molecular formula is C21H20ClN5S. The summed E-state index contributed by atoms with van der Waals surface area (Å²) in [5, 5.41) is 1.77. The Morgan fingerprint density at radius 2 is 2.07 bits per heavy atom. The van der Waals surface area contributed by atoms with Gasteiger partial charge in [-0.3, -0.25) is 9.98 Å². The Kier molecular flexibility index (Phi) is 4.61. The van der Waals surface area contributed by atoms with E-state index in [0.717, 1.165) is 28.9 Å². The van der Waals surface area contributed by atoms with Gasteiger partial charge in [0.05, 0.1) is 10.7 Å². The highest BCUT2D eigenvalue weighted by Gasteiger charge is 2.46. The molecule has 2 aliphatic rings. The van der Waals surface area contributed by atoms with Crippen LogP contribution in [0, 0.1) is 0 Å². The largest absolute Gasteiger partial charge is 0.337 e. The molecule has 5 rings (SSSR count). The molecular weight excluding hydrogens is 390 g/mol. The van der Waals surface area contributed by atoms with E-state index in [9.17, 15) is 0 Å². The first-order valence-electron chi connectivity index (χ1n) is 9.45. The zero-order chi connectivity index (χ0) is 19.1. The van der Waals surface area contributed by atoms with Crippen molar-refractivity contribution >= 4 is 28.5 Å². The summed E-state index contributed by atoms with van der Waals surface area (Å²) in [5.74, 6) is 1.94. The minimum absolute atomic E-state index is 0.0287. The van der Waals surface area contributed by atoms with Crippen LogP contribution in [0.2, 0.25) is 5.02 Å². The zero-order valence-electron chi connectivity index (χ0n) is 15.4. The highest BCUT2D eigenvalue weighted by atomic mass is 35.5. The molecule has 0 radical (unpaired) electrons. The Bertz CT molecular complexity index is 1000. The summed E-state index contributed by atoms with van der Waals surface area (Å²) < 4.78 is 2.14. The first-order valence-corrected chi connectivity index (χ1v) is 10.8. The second kappa shape index (κ2) is 7.26. The van der Waals surface area contributed by atoms with Gasteiger partial charge >= 0.3 is 0 Å². The van der Waals surface area contributed by atoms with Gasteiger partial charge in [0.25, 0.3) is 0 Å². The molecule has 3 atom stereocenters. The lowest BCUT2D eigenvalue weighted by atomic mass is 9.99. The molecule has 28 heavy (non-hydrogen) atoms. The van der Waals surface area contributed by atoms with E-state index in [1.807, 2.05) is 42.2 Å². The maximum Gasteiger partial charge on any atom is 0.160 e. The van der Waals surface area contributed by atoms with Gasteiger partial charge in [0, 0.05) is 36.1 Å². The van der Waals surface area contributed by atoms with Crippen LogP contribution < -0.4 is 0 Å². The van der Waals surface area contributed by atoms with Gasteiger partial charge in [-0.2, -0.15) is 0 Å². The fourth-order valence-corrected chi connectivity index (χ4v) is 5.47. The van der Waals surface area contributed by atoms with E-state index in [-0.39, 0.29) is 12.1 Å². The van der Waals surface area contributed by atoms with Crippen molar-refractivity contribution in [2.75, 3.05) is 5.75 Å². The van der Waals surface area contributed by atoms with Gasteiger partial charge < -0.3 is 9.47 Å². The summed E-state index contributed by atoms with van der Waals surface area (Å²) in [6.07, 6.45) is 6.69. The first-order chi connectivity index (χ1) is 13.8. The van der Waals surface area contributed by atoms with Crippen LogP contribution in [-0.4, -0.2) is 36.4 Å². The van der Waals surface area contributed by atoms with E-state index in [1.54, 1.807) is 6.20 Å². The molecule has 0 N–H and O–H groups in total. The van der Waals surface area contributed by atoms with Gasteiger partial charge in [-0.1, -0.05) is 36.4 Å². The number of pyridine rings is 2. The van der Waals surface area contributed by atoms with Crippen LogP contribution in [-0.2, 0) is 0 Å². The summed E-state index contributed by atoms with van der Waals surface area (Å²) in [5.41, 5.74) is 2.17. The molecule has 2 aliphatic heterocycles. The van der Waals surface area contributed by atoms with E-state index >= 15 is 0 Å². The lowest BCUT2D eigenvalue weighted by molar-refractivity contribution is 0.248. The van der Waals surface area contributed by atoms with Crippen LogP contribution >= 0.6 is 23.4 Å². The minimum atomic E-state index is -0.0287. The zero-order valence-corrected chi connectivity index (χ0v) is 17.0. The average molecular weight is 410 g/mol. The second-order valence-electron chi connectivity index (χ2n) is 6.97. The number of halogens is 1. The Labute approximate surface area is 173 Å². The Morgan fingerprint density at radius 3 is 2.82 bits per heavy atom. The fraction of sp³-hybridized carbons (Fsp3) is 0.286. The third-order valence-electron chi connectivity index (χ3n) is 5.37. The molecule has 0 aromatic carbocycles. The number of nitrogens with zero attached hydrogens (tertiary/aromatic N) is 5. The van der Waals surface area contributed by atoms with Crippen molar-refractivity contribution in [3.05, 3.63) is 77.5 Å². The number of fused-ring (bicyclic) bond motifs is 1. The first kappa shape index (κ1) is 17.8. The molecule has 142 valence electrons. The van der Waals surface area contributed by atoms with E-state index in [2.05, 4.69) is 50.8 Å². The minimum Gasteiger partial charge on any atom is -0.337 e. The van der Waals surface area contributed by atoms with Gasteiger partial charge in [0.15, 0.2) is 5.17 Å². The highest BCUT2D eigenvalue weighted by molar-refractivity contribution is 8.14. The van der Waals surface area contributed by atoms with E-state index in [0.29, 0.717) is 11.1 Å². The average Bonchev–Trinajstić information content (AvgIpc) is 3.44. The van der Waals surface area contributed by atoms with Crippen molar-refractivity contribution in [2.24, 2.45) is 4.99 Å². The smallest absolute Gasteiger partial charge is 0.160 e.